The number of guanidine groups is 1. The van der Waals surface area contributed by atoms with Crippen LogP contribution in [0.5, 0.6) is 0 Å². The Kier molecular flexibility index (Phi) is 11.3. The van der Waals surface area contributed by atoms with E-state index in [1.807, 2.05) is 0 Å². The van der Waals surface area contributed by atoms with Crippen molar-refractivity contribution < 1.29 is 0 Å². The lowest BCUT2D eigenvalue weighted by atomic mass is 10.1. The molecule has 0 fully saturated rings. The minimum absolute atomic E-state index is 0. The summed E-state index contributed by atoms with van der Waals surface area (Å²) < 4.78 is 0. The molecule has 0 amide bonds. The summed E-state index contributed by atoms with van der Waals surface area (Å²) in [5, 5.41) is 6.52. The molecule has 0 aliphatic heterocycles. The zero-order valence-electron chi connectivity index (χ0n) is 14.5. The predicted molar refractivity (Wildman–Crippen MR) is 107 cm³/mol. The molecule has 0 saturated heterocycles. The van der Waals surface area contributed by atoms with Crippen molar-refractivity contribution in [2.45, 2.75) is 46.8 Å². The maximum absolute atomic E-state index is 4.66. The molecular weight excluding hydrogens is 387 g/mol. The number of rotatable bonds is 7. The van der Waals surface area contributed by atoms with Gasteiger partial charge in [-0.05, 0) is 45.9 Å². The van der Waals surface area contributed by atoms with Crippen molar-refractivity contribution in [3.63, 3.8) is 0 Å². The van der Waals surface area contributed by atoms with E-state index in [0.717, 1.165) is 25.6 Å². The second-order valence-corrected chi connectivity index (χ2v) is 5.50. The van der Waals surface area contributed by atoms with Crippen molar-refractivity contribution in [1.29, 1.82) is 0 Å². The third-order valence-corrected chi connectivity index (χ3v) is 3.52. The zero-order chi connectivity index (χ0) is 15.7. The lowest BCUT2D eigenvalue weighted by Crippen LogP contribution is -2.37. The molecule has 0 heterocycles. The maximum Gasteiger partial charge on any atom is 0.191 e. The second kappa shape index (κ2) is 11.7. The monoisotopic (exact) mass is 418 g/mol. The largest absolute Gasteiger partial charge is 0.357 e. The molecule has 0 spiro atoms. The lowest BCUT2D eigenvalue weighted by Gasteiger charge is -2.22. The first-order valence-electron chi connectivity index (χ1n) is 7.87. The van der Waals surface area contributed by atoms with Crippen molar-refractivity contribution in [2.75, 3.05) is 20.1 Å². The van der Waals surface area contributed by atoms with Crippen LogP contribution in [0.15, 0.2) is 29.3 Å². The van der Waals surface area contributed by atoms with E-state index in [0.29, 0.717) is 12.6 Å². The van der Waals surface area contributed by atoms with Gasteiger partial charge in [-0.15, -0.1) is 24.0 Å². The number of aliphatic imine (C=N–C) groups is 1. The van der Waals surface area contributed by atoms with Crippen LogP contribution in [-0.4, -0.2) is 37.0 Å². The van der Waals surface area contributed by atoms with Crippen molar-refractivity contribution in [3.05, 3.63) is 35.4 Å². The van der Waals surface area contributed by atoms with E-state index >= 15 is 0 Å². The molecule has 2 N–H and O–H groups in total. The van der Waals surface area contributed by atoms with Crippen molar-refractivity contribution in [3.8, 4) is 0 Å². The van der Waals surface area contributed by atoms with Crippen molar-refractivity contribution in [2.24, 2.45) is 4.99 Å². The van der Waals surface area contributed by atoms with Gasteiger partial charge in [0.05, 0.1) is 6.54 Å². The SMILES string of the molecule is CCNC(=NCc1ccccc1CN(C)C(C)C)NCC.I. The van der Waals surface area contributed by atoms with E-state index < -0.39 is 0 Å². The van der Waals surface area contributed by atoms with Gasteiger partial charge in [-0.3, -0.25) is 4.90 Å². The summed E-state index contributed by atoms with van der Waals surface area (Å²) in [5.41, 5.74) is 2.64. The molecule has 22 heavy (non-hydrogen) atoms. The van der Waals surface area contributed by atoms with E-state index in [2.05, 4.69) is 79.5 Å². The highest BCUT2D eigenvalue weighted by atomic mass is 127. The van der Waals surface area contributed by atoms with Gasteiger partial charge in [0.15, 0.2) is 5.96 Å². The molecule has 0 atom stereocenters. The molecule has 0 aliphatic carbocycles. The van der Waals surface area contributed by atoms with E-state index in [1.54, 1.807) is 0 Å². The molecule has 0 aromatic heterocycles. The molecule has 0 radical (unpaired) electrons. The molecular formula is C17H31IN4. The quantitative estimate of drug-likeness (QED) is 0.406. The first-order chi connectivity index (χ1) is 10.1. The molecule has 5 heteroatoms. The fraction of sp³-hybridized carbons (Fsp3) is 0.588. The standard InChI is InChI=1S/C17H30N4.HI/c1-6-18-17(19-7-2)20-12-15-10-8-9-11-16(15)13-21(5)14(3)4;/h8-11,14H,6-7,12-13H2,1-5H3,(H2,18,19,20);1H. The van der Waals surface area contributed by atoms with Crippen LogP contribution >= 0.6 is 24.0 Å². The summed E-state index contributed by atoms with van der Waals surface area (Å²) in [4.78, 5) is 7.01. The Morgan fingerprint density at radius 2 is 1.64 bits per heavy atom. The molecule has 0 unspecified atom stereocenters. The molecule has 1 rings (SSSR count). The molecule has 4 nitrogen and oxygen atoms in total. The Morgan fingerprint density at radius 1 is 1.09 bits per heavy atom. The Labute approximate surface area is 152 Å². The molecule has 0 bridgehead atoms. The normalized spacial score (nSPS) is 10.3. The molecule has 1 aromatic carbocycles. The Morgan fingerprint density at radius 3 is 2.14 bits per heavy atom. The average molecular weight is 418 g/mol. The zero-order valence-corrected chi connectivity index (χ0v) is 16.8. The third-order valence-electron chi connectivity index (χ3n) is 3.52. The van der Waals surface area contributed by atoms with Gasteiger partial charge in [-0.1, -0.05) is 24.3 Å². The summed E-state index contributed by atoms with van der Waals surface area (Å²) in [6, 6.07) is 9.10. The Bertz CT molecular complexity index is 438. The number of nitrogens with one attached hydrogen (secondary N) is 2. The molecule has 0 saturated carbocycles. The highest BCUT2D eigenvalue weighted by Crippen LogP contribution is 2.13. The predicted octanol–water partition coefficient (Wildman–Crippen LogP) is 3.22. The minimum Gasteiger partial charge on any atom is -0.357 e. The van der Waals surface area contributed by atoms with Crippen LogP contribution in [0.2, 0.25) is 0 Å². The number of nitrogens with zero attached hydrogens (tertiary/aromatic N) is 2. The van der Waals surface area contributed by atoms with Crippen LogP contribution in [0.3, 0.4) is 0 Å². The first kappa shape index (κ1) is 21.2. The van der Waals surface area contributed by atoms with E-state index in [4.69, 9.17) is 0 Å². The van der Waals surface area contributed by atoms with Gasteiger partial charge in [0.2, 0.25) is 0 Å². The first-order valence-corrected chi connectivity index (χ1v) is 7.87. The minimum atomic E-state index is 0. The summed E-state index contributed by atoms with van der Waals surface area (Å²) in [6.07, 6.45) is 0. The highest BCUT2D eigenvalue weighted by Gasteiger charge is 2.07. The van der Waals surface area contributed by atoms with Crippen LogP contribution in [0.1, 0.15) is 38.8 Å². The highest BCUT2D eigenvalue weighted by molar-refractivity contribution is 14.0. The van der Waals surface area contributed by atoms with Crippen molar-refractivity contribution in [1.82, 2.24) is 15.5 Å². The van der Waals surface area contributed by atoms with E-state index in [-0.39, 0.29) is 24.0 Å². The number of hydrogen-bond donors (Lipinski definition) is 2. The third kappa shape index (κ3) is 7.45. The number of hydrogen-bond acceptors (Lipinski definition) is 2. The summed E-state index contributed by atoms with van der Waals surface area (Å²) in [7, 11) is 2.16. The number of benzene rings is 1. The van der Waals surface area contributed by atoms with Gasteiger partial charge in [-0.2, -0.15) is 0 Å². The Balaban J connectivity index is 0.00000441. The van der Waals surface area contributed by atoms with Crippen molar-refractivity contribution >= 4 is 29.9 Å². The van der Waals surface area contributed by atoms with Gasteiger partial charge in [0.25, 0.3) is 0 Å². The fourth-order valence-corrected chi connectivity index (χ4v) is 1.99. The summed E-state index contributed by atoms with van der Waals surface area (Å²) in [5.74, 6) is 0.881. The number of halogens is 1. The molecule has 126 valence electrons. The summed E-state index contributed by atoms with van der Waals surface area (Å²) >= 11 is 0. The molecule has 1 aromatic rings. The second-order valence-electron chi connectivity index (χ2n) is 5.50. The van der Waals surface area contributed by atoms with Gasteiger partial charge in [0.1, 0.15) is 0 Å². The van der Waals surface area contributed by atoms with Crippen LogP contribution in [0, 0.1) is 0 Å². The van der Waals surface area contributed by atoms with E-state index in [1.165, 1.54) is 11.1 Å². The summed E-state index contributed by atoms with van der Waals surface area (Å²) in [6.45, 7) is 12.0. The van der Waals surface area contributed by atoms with Crippen LogP contribution in [0.4, 0.5) is 0 Å². The maximum atomic E-state index is 4.66. The lowest BCUT2D eigenvalue weighted by molar-refractivity contribution is 0.265. The van der Waals surface area contributed by atoms with Gasteiger partial charge in [0, 0.05) is 25.7 Å². The van der Waals surface area contributed by atoms with Crippen LogP contribution < -0.4 is 10.6 Å². The smallest absolute Gasteiger partial charge is 0.191 e. The van der Waals surface area contributed by atoms with Crippen LogP contribution in [0.25, 0.3) is 0 Å². The van der Waals surface area contributed by atoms with E-state index in [9.17, 15) is 0 Å². The van der Waals surface area contributed by atoms with Gasteiger partial charge < -0.3 is 10.6 Å². The average Bonchev–Trinajstić information content (AvgIpc) is 2.46. The van der Waals surface area contributed by atoms with Crippen LogP contribution in [-0.2, 0) is 13.1 Å². The van der Waals surface area contributed by atoms with Gasteiger partial charge >= 0.3 is 0 Å². The topological polar surface area (TPSA) is 39.7 Å². The fourth-order valence-electron chi connectivity index (χ4n) is 1.99. The van der Waals surface area contributed by atoms with Gasteiger partial charge in [-0.25, -0.2) is 4.99 Å². The molecule has 0 aliphatic rings. The Hall–Kier alpha value is -0.820.